The Morgan fingerprint density at radius 1 is 1.32 bits per heavy atom. The van der Waals surface area contributed by atoms with Gasteiger partial charge in [0.1, 0.15) is 5.75 Å². The predicted octanol–water partition coefficient (Wildman–Crippen LogP) is 2.88. The molecule has 2 unspecified atom stereocenters. The predicted molar refractivity (Wildman–Crippen MR) is 92.3 cm³/mol. The molecular weight excluding hydrogens is 274 g/mol. The standard InChI is InChI=1S/C18H29N3O/c1-4-19-18(21-12-14(2)10-15(3)13-21)20-9-8-16-6-5-7-17(22)11-16/h5-7,11,14-15,22H,4,8-10,12-13H2,1-3H3,(H,19,20). The number of rotatable bonds is 4. The summed E-state index contributed by atoms with van der Waals surface area (Å²) in [5.74, 6) is 2.80. The Labute approximate surface area is 134 Å². The first-order valence-corrected chi connectivity index (χ1v) is 8.39. The molecule has 0 aliphatic carbocycles. The Morgan fingerprint density at radius 3 is 2.68 bits per heavy atom. The summed E-state index contributed by atoms with van der Waals surface area (Å²) in [6, 6.07) is 7.43. The molecule has 2 N–H and O–H groups in total. The average molecular weight is 303 g/mol. The molecule has 1 aromatic rings. The van der Waals surface area contributed by atoms with Gasteiger partial charge in [0, 0.05) is 26.2 Å². The Kier molecular flexibility index (Phi) is 6.10. The van der Waals surface area contributed by atoms with E-state index in [1.54, 1.807) is 6.07 Å². The van der Waals surface area contributed by atoms with Crippen LogP contribution in [0.3, 0.4) is 0 Å². The number of nitrogens with zero attached hydrogens (tertiary/aromatic N) is 2. The monoisotopic (exact) mass is 303 g/mol. The van der Waals surface area contributed by atoms with Gasteiger partial charge in [-0.15, -0.1) is 0 Å². The van der Waals surface area contributed by atoms with Crippen molar-refractivity contribution >= 4 is 5.96 Å². The van der Waals surface area contributed by atoms with E-state index >= 15 is 0 Å². The van der Waals surface area contributed by atoms with Crippen molar-refractivity contribution in [1.82, 2.24) is 10.2 Å². The maximum absolute atomic E-state index is 9.51. The molecule has 1 aliphatic heterocycles. The summed E-state index contributed by atoms with van der Waals surface area (Å²) in [6.07, 6.45) is 2.15. The van der Waals surface area contributed by atoms with E-state index in [4.69, 9.17) is 4.99 Å². The first kappa shape index (κ1) is 16.7. The normalized spacial score (nSPS) is 22.7. The number of hydrogen-bond donors (Lipinski definition) is 2. The number of likely N-dealkylation sites (tertiary alicyclic amines) is 1. The Bertz CT molecular complexity index is 491. The van der Waals surface area contributed by atoms with Crippen molar-refractivity contribution in [3.05, 3.63) is 29.8 Å². The van der Waals surface area contributed by atoms with Gasteiger partial charge < -0.3 is 15.3 Å². The molecule has 22 heavy (non-hydrogen) atoms. The quantitative estimate of drug-likeness (QED) is 0.664. The summed E-state index contributed by atoms with van der Waals surface area (Å²) in [5, 5.41) is 12.9. The summed E-state index contributed by atoms with van der Waals surface area (Å²) in [4.78, 5) is 7.17. The van der Waals surface area contributed by atoms with Crippen LogP contribution in [0.25, 0.3) is 0 Å². The Morgan fingerprint density at radius 2 is 2.05 bits per heavy atom. The molecule has 0 spiro atoms. The van der Waals surface area contributed by atoms with Gasteiger partial charge in [-0.25, -0.2) is 0 Å². The lowest BCUT2D eigenvalue weighted by molar-refractivity contribution is 0.208. The molecule has 0 aromatic heterocycles. The Balaban J connectivity index is 1.97. The second kappa shape index (κ2) is 8.06. The van der Waals surface area contributed by atoms with Crippen LogP contribution in [-0.2, 0) is 6.42 Å². The molecule has 1 aromatic carbocycles. The maximum atomic E-state index is 9.51. The minimum atomic E-state index is 0.326. The highest BCUT2D eigenvalue weighted by atomic mass is 16.3. The lowest BCUT2D eigenvalue weighted by Crippen LogP contribution is -2.48. The van der Waals surface area contributed by atoms with E-state index in [-0.39, 0.29) is 0 Å². The maximum Gasteiger partial charge on any atom is 0.193 e. The van der Waals surface area contributed by atoms with Crippen LogP contribution in [0.2, 0.25) is 0 Å². The minimum Gasteiger partial charge on any atom is -0.508 e. The van der Waals surface area contributed by atoms with Crippen LogP contribution in [0.15, 0.2) is 29.3 Å². The topological polar surface area (TPSA) is 47.9 Å². The number of nitrogens with one attached hydrogen (secondary N) is 1. The van der Waals surface area contributed by atoms with Gasteiger partial charge in [-0.3, -0.25) is 4.99 Å². The highest BCUT2D eigenvalue weighted by Crippen LogP contribution is 2.21. The summed E-state index contributed by atoms with van der Waals surface area (Å²) in [5.41, 5.74) is 1.12. The zero-order valence-corrected chi connectivity index (χ0v) is 14.0. The molecule has 4 heteroatoms. The van der Waals surface area contributed by atoms with E-state index in [2.05, 4.69) is 31.0 Å². The van der Waals surface area contributed by atoms with Crippen LogP contribution in [0.5, 0.6) is 5.75 Å². The van der Waals surface area contributed by atoms with Crippen LogP contribution in [0.4, 0.5) is 0 Å². The summed E-state index contributed by atoms with van der Waals surface area (Å²) in [6.45, 7) is 10.6. The third-order valence-corrected chi connectivity index (χ3v) is 4.08. The fourth-order valence-electron chi connectivity index (χ4n) is 3.26. The molecule has 0 radical (unpaired) electrons. The van der Waals surface area contributed by atoms with Crippen molar-refractivity contribution in [2.75, 3.05) is 26.2 Å². The number of aromatic hydroxyl groups is 1. The van der Waals surface area contributed by atoms with Gasteiger partial charge in [-0.1, -0.05) is 26.0 Å². The molecule has 1 saturated heterocycles. The van der Waals surface area contributed by atoms with Gasteiger partial charge >= 0.3 is 0 Å². The molecule has 1 heterocycles. The first-order valence-electron chi connectivity index (χ1n) is 8.39. The molecule has 4 nitrogen and oxygen atoms in total. The van der Waals surface area contributed by atoms with Gasteiger partial charge in [-0.05, 0) is 49.3 Å². The molecule has 0 bridgehead atoms. The average Bonchev–Trinajstić information content (AvgIpc) is 2.45. The highest BCUT2D eigenvalue weighted by molar-refractivity contribution is 5.80. The molecule has 0 amide bonds. The number of guanidine groups is 1. The molecule has 1 aliphatic rings. The van der Waals surface area contributed by atoms with E-state index < -0.39 is 0 Å². The smallest absolute Gasteiger partial charge is 0.193 e. The fraction of sp³-hybridized carbons (Fsp3) is 0.611. The highest BCUT2D eigenvalue weighted by Gasteiger charge is 2.23. The van der Waals surface area contributed by atoms with Gasteiger partial charge in [-0.2, -0.15) is 0 Å². The molecule has 0 saturated carbocycles. The minimum absolute atomic E-state index is 0.326. The number of phenols is 1. The lowest BCUT2D eigenvalue weighted by Gasteiger charge is -2.37. The number of aliphatic imine (C=N–C) groups is 1. The zero-order valence-electron chi connectivity index (χ0n) is 14.0. The van der Waals surface area contributed by atoms with E-state index in [1.807, 2.05) is 18.2 Å². The number of hydrogen-bond acceptors (Lipinski definition) is 2. The number of benzene rings is 1. The van der Waals surface area contributed by atoms with Gasteiger partial charge in [0.25, 0.3) is 0 Å². The van der Waals surface area contributed by atoms with Crippen LogP contribution >= 0.6 is 0 Å². The fourth-order valence-corrected chi connectivity index (χ4v) is 3.26. The third kappa shape index (κ3) is 4.93. The van der Waals surface area contributed by atoms with Crippen molar-refractivity contribution < 1.29 is 5.11 Å². The molecule has 1 fully saturated rings. The van der Waals surface area contributed by atoms with Gasteiger partial charge in [0.05, 0.1) is 0 Å². The number of phenolic OH excluding ortho intramolecular Hbond substituents is 1. The van der Waals surface area contributed by atoms with Crippen LogP contribution in [0.1, 0.15) is 32.8 Å². The van der Waals surface area contributed by atoms with E-state index in [9.17, 15) is 5.11 Å². The van der Waals surface area contributed by atoms with E-state index in [1.165, 1.54) is 6.42 Å². The van der Waals surface area contributed by atoms with Crippen LogP contribution in [0, 0.1) is 11.8 Å². The van der Waals surface area contributed by atoms with Crippen molar-refractivity contribution in [3.63, 3.8) is 0 Å². The molecule has 2 rings (SSSR count). The largest absolute Gasteiger partial charge is 0.508 e. The molecule has 2 atom stereocenters. The summed E-state index contributed by atoms with van der Waals surface area (Å²) in [7, 11) is 0. The first-order chi connectivity index (χ1) is 10.6. The van der Waals surface area contributed by atoms with Crippen molar-refractivity contribution in [2.45, 2.75) is 33.6 Å². The summed E-state index contributed by atoms with van der Waals surface area (Å²) < 4.78 is 0. The van der Waals surface area contributed by atoms with Crippen molar-refractivity contribution in [3.8, 4) is 5.75 Å². The second-order valence-corrected chi connectivity index (χ2v) is 6.51. The molecular formula is C18H29N3O. The SMILES string of the molecule is CCNC(=NCCc1cccc(O)c1)N1CC(C)CC(C)C1. The van der Waals surface area contributed by atoms with Gasteiger partial charge in [0.15, 0.2) is 5.96 Å². The third-order valence-electron chi connectivity index (χ3n) is 4.08. The Hall–Kier alpha value is -1.71. The molecule has 122 valence electrons. The second-order valence-electron chi connectivity index (χ2n) is 6.51. The summed E-state index contributed by atoms with van der Waals surface area (Å²) >= 11 is 0. The van der Waals surface area contributed by atoms with Crippen molar-refractivity contribution in [2.24, 2.45) is 16.8 Å². The van der Waals surface area contributed by atoms with Gasteiger partial charge in [0.2, 0.25) is 0 Å². The van der Waals surface area contributed by atoms with Crippen LogP contribution in [-0.4, -0.2) is 42.1 Å². The van der Waals surface area contributed by atoms with E-state index in [0.717, 1.165) is 56.0 Å². The van der Waals surface area contributed by atoms with Crippen LogP contribution < -0.4 is 5.32 Å². The van der Waals surface area contributed by atoms with E-state index in [0.29, 0.717) is 5.75 Å². The number of piperidine rings is 1. The lowest BCUT2D eigenvalue weighted by atomic mass is 9.92. The van der Waals surface area contributed by atoms with Crippen molar-refractivity contribution in [1.29, 1.82) is 0 Å². The zero-order chi connectivity index (χ0) is 15.9.